The molecule has 15 aliphatic rings. The third-order valence-corrected chi connectivity index (χ3v) is 33.7. The van der Waals surface area contributed by atoms with Gasteiger partial charge in [0.25, 0.3) is 0 Å². The highest BCUT2D eigenvalue weighted by molar-refractivity contribution is 5.94. The molecule has 4 N–H and O–H groups in total. The number of aromatic hydroxyl groups is 1. The summed E-state index contributed by atoms with van der Waals surface area (Å²) in [5.74, 6) is 1.79. The van der Waals surface area contributed by atoms with Crippen LogP contribution in [0, 0.1) is 17.3 Å². The Bertz CT molecular complexity index is 5080. The predicted molar refractivity (Wildman–Crippen MR) is 586 cm³/mol. The first-order chi connectivity index (χ1) is 69.0. The van der Waals surface area contributed by atoms with Crippen LogP contribution in [-0.4, -0.2) is 287 Å². The van der Waals surface area contributed by atoms with E-state index >= 15 is 0 Å². The quantitative estimate of drug-likeness (QED) is 0.0551. The van der Waals surface area contributed by atoms with E-state index in [-0.39, 0.29) is 11.8 Å². The average Bonchev–Trinajstić information content (AvgIpc) is 1.57. The zero-order valence-electron chi connectivity index (χ0n) is 93.9. The van der Waals surface area contributed by atoms with E-state index in [1.807, 2.05) is 67.1 Å². The first-order valence-electron chi connectivity index (χ1n) is 56.1. The van der Waals surface area contributed by atoms with Crippen LogP contribution in [-0.2, 0) is 101 Å². The standard InChI is InChI=1S/C14H19NO.2C13H17NO2.C12H15NO2.C12H17NO.C12H23N.C9H15N3.C9H17NO.2C9H17N.C8H14N4/c1-10(2)15-7-6-12-4-5-13(11(3)16)8-14(12)9-15;1-9(2)14-7-11-5-4-10(13(15)16-3)6-12(11)8-14;1-9(2)14-6-5-10-3-4-11(13(15)16)7-12(10)8-14;1-8(2)13-6-10-4-3-9(12(14)15)5-11(10)7-13;1-9(2)13-6-5-10-7-12(14)4-3-11(10)8-13;1-10(2)13-9-5-7-11-6-3-4-8-12(11)13;1-7(2)12-4-3-9-8(6-12)5-10-11-9;1-7(2)10-5-8-3-4-9(6-10)11-8;1-7(2)10-5-8-4-9(8,3)6-10;1-7(2)10-8-3-4-9(10)6-5-8;1-7(2)11-3-4-12-6-9-10-8(12)5-11/h4-5,8,10H,6-7,9H2,1-3H3;4-6,9H,7-8H2,1-3H3;3-4,7,9H,5-6,8H2,1-2H3,(H,15,16);3-5,8H,6-7H2,1-2H3,(H,14,15);3-4,7,9,14H,5-6,8H2,1-2H3;10-12H,3-9H2,1-2H3;5,7H,3-4,6H2,1-2H3,(H,10,11);7-9H,3-6H2,1-2H3;7-8H,4-6H2,1-3H3;7-9H,3-6H2,1-2H3;6-7H,3-5H2,1-2H3/t;;;;;;;2*8-,9+;;/m........0../s1. The van der Waals surface area contributed by atoms with Gasteiger partial charge in [-0.05, 0) is 383 Å². The zero-order valence-corrected chi connectivity index (χ0v) is 93.9. The lowest BCUT2D eigenvalue weighted by molar-refractivity contribution is -0.0480. The normalized spacial score (nSPS) is 23.7. The van der Waals surface area contributed by atoms with E-state index in [2.05, 4.69) is 250 Å². The minimum Gasteiger partial charge on any atom is -0.508 e. The van der Waals surface area contributed by atoms with Crippen LogP contribution in [0.1, 0.15) is 364 Å². The number of piperidine rings is 2. The number of morpholine rings is 1. The molecule has 5 aromatic carbocycles. The molecule has 0 spiro atoms. The van der Waals surface area contributed by atoms with Gasteiger partial charge >= 0.3 is 17.9 Å². The van der Waals surface area contributed by atoms with Gasteiger partial charge in [0.15, 0.2) is 5.78 Å². The average molecular weight is 2000 g/mol. The number of ether oxygens (including phenoxy) is 2. The van der Waals surface area contributed by atoms with Crippen molar-refractivity contribution in [3.8, 4) is 5.75 Å². The minimum absolute atomic E-state index is 0.157. The van der Waals surface area contributed by atoms with Crippen LogP contribution in [0.25, 0.3) is 0 Å². The molecule has 8 fully saturated rings. The highest BCUT2D eigenvalue weighted by Crippen LogP contribution is 2.57. The second kappa shape index (κ2) is 54.0. The minimum atomic E-state index is -0.846. The van der Waals surface area contributed by atoms with Crippen molar-refractivity contribution in [2.45, 2.75) is 438 Å². The lowest BCUT2D eigenvalue weighted by Gasteiger charge is -2.46. The van der Waals surface area contributed by atoms with Crippen LogP contribution >= 0.6 is 0 Å². The van der Waals surface area contributed by atoms with Gasteiger partial charge in [0.2, 0.25) is 0 Å². The van der Waals surface area contributed by atoms with Crippen LogP contribution in [0.3, 0.4) is 0 Å². The topological polar surface area (TPSA) is 242 Å². The van der Waals surface area contributed by atoms with Gasteiger partial charge in [-0.2, -0.15) is 5.10 Å². The number of esters is 1. The number of hydrogen-bond acceptors (Lipinski definition) is 21. The number of aromatic nitrogens is 5. The Balaban J connectivity index is 0.000000142. The molecule has 2 aliphatic carbocycles. The molecular formula is C120H188N16O9. The number of H-pyrrole nitrogens is 1. The molecule has 6 saturated heterocycles. The summed E-state index contributed by atoms with van der Waals surface area (Å²) in [4.78, 5) is 71.9. The fraction of sp³-hybridized carbons (Fsp3) is 0.675. The molecule has 25 nitrogen and oxygen atoms in total. The second-order valence-corrected chi connectivity index (χ2v) is 47.4. The number of ketones is 1. The van der Waals surface area contributed by atoms with E-state index < -0.39 is 11.9 Å². The van der Waals surface area contributed by atoms with Crippen LogP contribution in [0.5, 0.6) is 5.75 Å². The monoisotopic (exact) mass is 2000 g/mol. The van der Waals surface area contributed by atoms with Gasteiger partial charge in [0, 0.05) is 226 Å². The fourth-order valence-corrected chi connectivity index (χ4v) is 23.9. The molecule has 145 heavy (non-hydrogen) atoms. The van der Waals surface area contributed by atoms with Crippen LogP contribution in [0.4, 0.5) is 0 Å². The summed E-state index contributed by atoms with van der Waals surface area (Å²) in [7, 11) is 1.41. The number of carboxylic acid groups (broad SMARTS) is 2. The summed E-state index contributed by atoms with van der Waals surface area (Å²) in [6, 6.07) is 38.4. The zero-order chi connectivity index (χ0) is 105. The summed E-state index contributed by atoms with van der Waals surface area (Å²) in [6.45, 7) is 75.0. The SMILES string of the molecule is CC(=O)c1ccc2c(c1)CN(C(C)C)CC2.CC(C)N1C2CCC1CC2.CC(C)N1CCCC2CCCCC21.CC(C)N1CCc2[nH]ncc2C1.CC(C)N1CCc2cc(O)ccc2C1.CC(C)N1CCc2ccc(C(=O)O)cc2C1.CC(C)N1CCn2cnnc2C1.CC(C)N1C[C@@H]2C[C@]2(C)C1.CC(C)N1C[C@H]2CC[C@@H](C1)O2.CC(C)N1Cc2ccc(C(=O)O)cc2C1.COC(=O)c1ccc2c(c1)CN(C(C)C)C2. The molecule has 22 rings (SSSR count). The molecule has 802 valence electrons. The maximum absolute atomic E-state index is 11.4. The van der Waals surface area contributed by atoms with Gasteiger partial charge in [-0.25, -0.2) is 14.4 Å². The van der Waals surface area contributed by atoms with E-state index in [4.69, 9.17) is 19.7 Å². The van der Waals surface area contributed by atoms with E-state index in [9.17, 15) is 24.3 Å². The number of carbonyl (C=O) groups excluding carboxylic acids is 2. The fourth-order valence-electron chi connectivity index (χ4n) is 23.9. The highest BCUT2D eigenvalue weighted by Gasteiger charge is 2.56. The Hall–Kier alpha value is -8.15. The number of methoxy groups -OCH3 is 1. The third-order valence-electron chi connectivity index (χ3n) is 33.7. The van der Waals surface area contributed by atoms with E-state index in [0.717, 1.165) is 207 Å². The predicted octanol–water partition coefficient (Wildman–Crippen LogP) is 21.0. The van der Waals surface area contributed by atoms with Crippen LogP contribution in [0.2, 0.25) is 0 Å². The van der Waals surface area contributed by atoms with Crippen LogP contribution in [0.15, 0.2) is 104 Å². The molecule has 0 radical (unpaired) electrons. The lowest BCUT2D eigenvalue weighted by atomic mass is 9.78. The van der Waals surface area contributed by atoms with E-state index in [0.29, 0.717) is 83.0 Å². The maximum Gasteiger partial charge on any atom is 0.337 e. The molecule has 25 heteroatoms. The number of carbonyl (C=O) groups is 4. The van der Waals surface area contributed by atoms with Gasteiger partial charge in [0.05, 0.1) is 48.7 Å². The number of Topliss-reactive ketones (excluding diaryl/α,β-unsaturated/α-hetero) is 1. The largest absolute Gasteiger partial charge is 0.508 e. The smallest absolute Gasteiger partial charge is 0.337 e. The van der Waals surface area contributed by atoms with Gasteiger partial charge in [-0.15, -0.1) is 10.2 Å². The number of benzene rings is 5. The van der Waals surface area contributed by atoms with Gasteiger partial charge in [-0.3, -0.25) is 58.9 Å². The number of aromatic amines is 1. The molecule has 7 aromatic rings. The molecule has 4 bridgehead atoms. The molecular weight excluding hydrogens is 1810 g/mol. The van der Waals surface area contributed by atoms with Crippen molar-refractivity contribution in [2.75, 3.05) is 72.6 Å². The number of aromatic carboxylic acids is 2. The molecule has 2 saturated carbocycles. The first kappa shape index (κ1) is 116. The number of likely N-dealkylation sites (tertiary alicyclic amines) is 3. The number of carboxylic acids is 2. The highest BCUT2D eigenvalue weighted by atomic mass is 16.5. The van der Waals surface area contributed by atoms with Crippen molar-refractivity contribution in [3.05, 3.63) is 198 Å². The molecule has 2 unspecified atom stereocenters. The van der Waals surface area contributed by atoms with E-state index in [1.165, 1.54) is 172 Å². The Kier molecular flexibility index (Phi) is 43.0. The number of nitrogens with zero attached hydrogens (tertiary/aromatic N) is 15. The Morgan fingerprint density at radius 1 is 0.407 bits per heavy atom. The van der Waals surface area contributed by atoms with Crippen molar-refractivity contribution in [1.82, 2.24) is 78.9 Å². The molecule has 15 heterocycles. The summed E-state index contributed by atoms with van der Waals surface area (Å²) >= 11 is 0. The van der Waals surface area contributed by atoms with Crippen molar-refractivity contribution < 1.29 is 44.0 Å². The number of rotatable bonds is 15. The van der Waals surface area contributed by atoms with E-state index in [1.54, 1.807) is 31.2 Å². The number of nitrogens with one attached hydrogen (secondary N) is 1. The summed E-state index contributed by atoms with van der Waals surface area (Å²) < 4.78 is 12.6. The van der Waals surface area contributed by atoms with Crippen molar-refractivity contribution in [1.29, 1.82) is 0 Å². The maximum atomic E-state index is 11.4. The number of fused-ring (bicyclic) bond motifs is 13. The Morgan fingerprint density at radius 3 is 1.30 bits per heavy atom. The first-order valence-corrected chi connectivity index (χ1v) is 56.1. The number of phenolic OH excluding ortho intramolecular Hbond substituents is 1. The van der Waals surface area contributed by atoms with Crippen molar-refractivity contribution in [2.24, 2.45) is 17.3 Å². The lowest BCUT2D eigenvalue weighted by Crippen LogP contribution is -2.49. The molecule has 6 atom stereocenters. The van der Waals surface area contributed by atoms with Crippen molar-refractivity contribution in [3.63, 3.8) is 0 Å². The number of hydrogen-bond donors (Lipinski definition) is 4. The molecule has 13 aliphatic heterocycles. The Morgan fingerprint density at radius 2 is 0.828 bits per heavy atom. The second-order valence-electron chi connectivity index (χ2n) is 47.4. The summed E-state index contributed by atoms with van der Waals surface area (Å²) in [6.07, 6.45) is 28.0. The number of phenols is 1. The molecule has 2 aromatic heterocycles. The third kappa shape index (κ3) is 32.5. The van der Waals surface area contributed by atoms with Gasteiger partial charge in [-0.1, -0.05) is 56.2 Å². The van der Waals surface area contributed by atoms with Gasteiger partial charge < -0.3 is 34.3 Å². The van der Waals surface area contributed by atoms with Crippen LogP contribution < -0.4 is 0 Å². The Labute approximate surface area is 873 Å². The molecule has 0 amide bonds. The summed E-state index contributed by atoms with van der Waals surface area (Å²) in [5.41, 5.74) is 18.5. The van der Waals surface area contributed by atoms with Gasteiger partial charge in [0.1, 0.15) is 17.9 Å². The van der Waals surface area contributed by atoms with Crippen molar-refractivity contribution >= 4 is 23.7 Å². The summed E-state index contributed by atoms with van der Waals surface area (Å²) in [5, 5.41) is 42.2.